The molecule has 0 saturated carbocycles. The topological polar surface area (TPSA) is 4.93 Å². The molecule has 0 atom stereocenters. The fraction of sp³-hybridized carbons (Fsp3) is 0.250. The van der Waals surface area contributed by atoms with Crippen molar-refractivity contribution in [1.82, 2.24) is 4.57 Å². The first kappa shape index (κ1) is 16.0. The molecule has 0 aliphatic heterocycles. The lowest BCUT2D eigenvalue weighted by Gasteiger charge is -2.08. The maximum Gasteiger partial charge on any atom is 0.0543 e. The van der Waals surface area contributed by atoms with Gasteiger partial charge in [-0.3, -0.25) is 0 Å². The van der Waals surface area contributed by atoms with Crippen LogP contribution in [0.15, 0.2) is 66.7 Å². The summed E-state index contributed by atoms with van der Waals surface area (Å²) in [7, 11) is 0. The second-order valence-electron chi connectivity index (χ2n) is 6.87. The SMILES string of the molecule is CCCc1ccc2c(c1)c1ccc(CCC)cc1n2-c1ccccc1. The van der Waals surface area contributed by atoms with E-state index in [1.807, 2.05) is 0 Å². The van der Waals surface area contributed by atoms with Gasteiger partial charge in [-0.15, -0.1) is 0 Å². The molecule has 4 aromatic rings. The fourth-order valence-electron chi connectivity index (χ4n) is 3.86. The van der Waals surface area contributed by atoms with Crippen molar-refractivity contribution in [2.24, 2.45) is 0 Å². The zero-order chi connectivity index (χ0) is 17.2. The summed E-state index contributed by atoms with van der Waals surface area (Å²) in [6.07, 6.45) is 4.64. The average Bonchev–Trinajstić information content (AvgIpc) is 2.96. The van der Waals surface area contributed by atoms with Gasteiger partial charge in [0, 0.05) is 16.5 Å². The zero-order valence-corrected chi connectivity index (χ0v) is 15.1. The molecular weight excluding hydrogens is 302 g/mol. The standard InChI is InChI=1S/C24H25N/c1-3-8-18-13-15-23-22(16-18)21-14-12-19(9-4-2)17-24(21)25(23)20-10-6-5-7-11-20/h5-7,10-17H,3-4,8-9H2,1-2H3. The second-order valence-corrected chi connectivity index (χ2v) is 6.87. The molecule has 0 unspecified atom stereocenters. The van der Waals surface area contributed by atoms with Gasteiger partial charge in [-0.05, 0) is 54.3 Å². The Balaban J connectivity index is 2.05. The van der Waals surface area contributed by atoms with E-state index in [1.54, 1.807) is 0 Å². The van der Waals surface area contributed by atoms with Gasteiger partial charge in [0.2, 0.25) is 0 Å². The van der Waals surface area contributed by atoms with Crippen molar-refractivity contribution in [2.45, 2.75) is 39.5 Å². The van der Waals surface area contributed by atoms with Gasteiger partial charge in [0.05, 0.1) is 11.0 Å². The van der Waals surface area contributed by atoms with E-state index in [4.69, 9.17) is 0 Å². The minimum absolute atomic E-state index is 1.13. The summed E-state index contributed by atoms with van der Waals surface area (Å²) in [5.74, 6) is 0. The number of rotatable bonds is 5. The summed E-state index contributed by atoms with van der Waals surface area (Å²) in [4.78, 5) is 0. The van der Waals surface area contributed by atoms with Gasteiger partial charge in [0.25, 0.3) is 0 Å². The molecule has 0 N–H and O–H groups in total. The van der Waals surface area contributed by atoms with Crippen molar-refractivity contribution >= 4 is 21.8 Å². The zero-order valence-electron chi connectivity index (χ0n) is 15.1. The van der Waals surface area contributed by atoms with E-state index in [1.165, 1.54) is 51.5 Å². The molecule has 3 aromatic carbocycles. The molecule has 0 radical (unpaired) electrons. The van der Waals surface area contributed by atoms with Crippen LogP contribution in [-0.2, 0) is 12.8 Å². The van der Waals surface area contributed by atoms with Crippen LogP contribution in [0.5, 0.6) is 0 Å². The van der Waals surface area contributed by atoms with Crippen molar-refractivity contribution in [3.8, 4) is 5.69 Å². The summed E-state index contributed by atoms with van der Waals surface area (Å²) < 4.78 is 2.42. The van der Waals surface area contributed by atoms with Gasteiger partial charge in [-0.1, -0.05) is 63.1 Å². The van der Waals surface area contributed by atoms with Gasteiger partial charge in [-0.2, -0.15) is 0 Å². The van der Waals surface area contributed by atoms with E-state index in [2.05, 4.69) is 85.1 Å². The van der Waals surface area contributed by atoms with E-state index >= 15 is 0 Å². The predicted octanol–water partition coefficient (Wildman–Crippen LogP) is 6.69. The number of hydrogen-bond donors (Lipinski definition) is 0. The highest BCUT2D eigenvalue weighted by atomic mass is 15.0. The smallest absolute Gasteiger partial charge is 0.0543 e. The van der Waals surface area contributed by atoms with E-state index in [-0.39, 0.29) is 0 Å². The Morgan fingerprint density at radius 1 is 0.640 bits per heavy atom. The maximum absolute atomic E-state index is 2.42. The third kappa shape index (κ3) is 2.84. The Bertz CT molecular complexity index is 1010. The minimum Gasteiger partial charge on any atom is -0.309 e. The fourth-order valence-corrected chi connectivity index (χ4v) is 3.86. The van der Waals surface area contributed by atoms with Crippen LogP contribution < -0.4 is 0 Å². The van der Waals surface area contributed by atoms with Crippen molar-refractivity contribution in [2.75, 3.05) is 0 Å². The summed E-state index contributed by atoms with van der Waals surface area (Å²) >= 11 is 0. The Hall–Kier alpha value is -2.54. The summed E-state index contributed by atoms with van der Waals surface area (Å²) in [6, 6.07) is 24.7. The van der Waals surface area contributed by atoms with Crippen molar-refractivity contribution < 1.29 is 0 Å². The number of aromatic nitrogens is 1. The van der Waals surface area contributed by atoms with Gasteiger partial charge >= 0.3 is 0 Å². The molecular formula is C24H25N. The van der Waals surface area contributed by atoms with Gasteiger partial charge in [0.1, 0.15) is 0 Å². The lowest BCUT2D eigenvalue weighted by atomic mass is 10.0. The quantitative estimate of drug-likeness (QED) is 0.385. The van der Waals surface area contributed by atoms with Crippen molar-refractivity contribution in [3.63, 3.8) is 0 Å². The van der Waals surface area contributed by atoms with Crippen LogP contribution in [0.4, 0.5) is 0 Å². The molecule has 4 rings (SSSR count). The van der Waals surface area contributed by atoms with Crippen molar-refractivity contribution in [3.05, 3.63) is 77.9 Å². The molecule has 1 nitrogen and oxygen atoms in total. The largest absolute Gasteiger partial charge is 0.309 e. The Morgan fingerprint density at radius 2 is 1.32 bits per heavy atom. The molecule has 0 amide bonds. The molecule has 1 aromatic heterocycles. The maximum atomic E-state index is 2.42. The molecule has 126 valence electrons. The lowest BCUT2D eigenvalue weighted by molar-refractivity contribution is 0.922. The number of nitrogens with zero attached hydrogens (tertiary/aromatic N) is 1. The van der Waals surface area contributed by atoms with E-state index in [9.17, 15) is 0 Å². The summed E-state index contributed by atoms with van der Waals surface area (Å²) in [5, 5.41) is 2.73. The molecule has 0 aliphatic rings. The first-order chi connectivity index (χ1) is 12.3. The van der Waals surface area contributed by atoms with Gasteiger partial charge in [0.15, 0.2) is 0 Å². The first-order valence-electron chi connectivity index (χ1n) is 9.43. The van der Waals surface area contributed by atoms with Gasteiger partial charge < -0.3 is 4.57 Å². The van der Waals surface area contributed by atoms with Crippen LogP contribution in [0.1, 0.15) is 37.8 Å². The monoisotopic (exact) mass is 327 g/mol. The normalized spacial score (nSPS) is 11.4. The van der Waals surface area contributed by atoms with Crippen LogP contribution in [0, 0.1) is 0 Å². The second kappa shape index (κ2) is 6.76. The number of para-hydroxylation sites is 1. The highest BCUT2D eigenvalue weighted by Crippen LogP contribution is 2.33. The molecule has 0 fully saturated rings. The summed E-state index contributed by atoms with van der Waals surface area (Å²) in [6.45, 7) is 4.49. The van der Waals surface area contributed by atoms with Crippen LogP contribution in [0.2, 0.25) is 0 Å². The Kier molecular flexibility index (Phi) is 4.31. The van der Waals surface area contributed by atoms with Gasteiger partial charge in [-0.25, -0.2) is 0 Å². The predicted molar refractivity (Wildman–Crippen MR) is 109 cm³/mol. The molecule has 1 heteroatoms. The third-order valence-electron chi connectivity index (χ3n) is 4.99. The highest BCUT2D eigenvalue weighted by molar-refractivity contribution is 6.09. The first-order valence-corrected chi connectivity index (χ1v) is 9.43. The van der Waals surface area contributed by atoms with Crippen molar-refractivity contribution in [1.29, 1.82) is 0 Å². The Morgan fingerprint density at radius 3 is 2.04 bits per heavy atom. The summed E-state index contributed by atoms with van der Waals surface area (Å²) in [5.41, 5.74) is 6.71. The number of aryl methyl sites for hydroxylation is 2. The minimum atomic E-state index is 1.13. The number of fused-ring (bicyclic) bond motifs is 3. The molecule has 25 heavy (non-hydrogen) atoms. The molecule has 0 aliphatic carbocycles. The Labute approximate surface area is 149 Å². The number of benzene rings is 3. The average molecular weight is 327 g/mol. The molecule has 1 heterocycles. The lowest BCUT2D eigenvalue weighted by Crippen LogP contribution is -1.94. The van der Waals surface area contributed by atoms with Crippen LogP contribution in [-0.4, -0.2) is 4.57 Å². The molecule has 0 bridgehead atoms. The third-order valence-corrected chi connectivity index (χ3v) is 4.99. The molecule has 0 spiro atoms. The van der Waals surface area contributed by atoms with E-state index in [0.717, 1.165) is 12.8 Å². The highest BCUT2D eigenvalue weighted by Gasteiger charge is 2.13. The van der Waals surface area contributed by atoms with Crippen LogP contribution >= 0.6 is 0 Å². The van der Waals surface area contributed by atoms with E-state index in [0.29, 0.717) is 0 Å². The van der Waals surface area contributed by atoms with E-state index < -0.39 is 0 Å². The van der Waals surface area contributed by atoms with Crippen LogP contribution in [0.3, 0.4) is 0 Å². The molecule has 0 saturated heterocycles. The van der Waals surface area contributed by atoms with Crippen LogP contribution in [0.25, 0.3) is 27.5 Å². The number of hydrogen-bond acceptors (Lipinski definition) is 0.